The monoisotopic (exact) mass is 610 g/mol. The van der Waals surface area contributed by atoms with Gasteiger partial charge in [-0.3, -0.25) is 9.69 Å². The molecule has 4 aromatic rings. The van der Waals surface area contributed by atoms with Gasteiger partial charge in [0.2, 0.25) is 11.8 Å². The largest absolute Gasteiger partial charge is 0.478 e. The van der Waals surface area contributed by atoms with E-state index in [-0.39, 0.29) is 34.5 Å². The predicted octanol–water partition coefficient (Wildman–Crippen LogP) is 5.98. The van der Waals surface area contributed by atoms with Crippen molar-refractivity contribution in [1.29, 1.82) is 0 Å². The second kappa shape index (κ2) is 8.89. The summed E-state index contributed by atoms with van der Waals surface area (Å²) in [4.78, 5) is 28.3. The number of rotatable bonds is 4. The third-order valence-electron chi connectivity index (χ3n) is 9.14. The van der Waals surface area contributed by atoms with Gasteiger partial charge >= 0.3 is 5.97 Å². The molecule has 3 aromatic carbocycles. The van der Waals surface area contributed by atoms with Gasteiger partial charge in [0.25, 0.3) is 0 Å². The van der Waals surface area contributed by atoms with Crippen LogP contribution in [-0.2, 0) is 10.3 Å². The van der Waals surface area contributed by atoms with E-state index < -0.39 is 46.7 Å². The van der Waals surface area contributed by atoms with Crippen LogP contribution in [0.5, 0.6) is 5.88 Å². The number of ether oxygens (including phenoxy) is 1. The summed E-state index contributed by atoms with van der Waals surface area (Å²) in [6.45, 7) is 0.682. The third-order valence-corrected chi connectivity index (χ3v) is 9.66. The molecule has 214 valence electrons. The van der Waals surface area contributed by atoms with Crippen LogP contribution in [0.25, 0.3) is 10.9 Å². The van der Waals surface area contributed by atoms with Crippen molar-refractivity contribution in [2.45, 2.75) is 36.4 Å². The fraction of sp³-hybridized carbons (Fsp3) is 0.300. The highest BCUT2D eigenvalue weighted by molar-refractivity contribution is 6.31. The SMILES string of the molecule is O=C(O)c1cc2c3n(nc2cc1F)[C@@H]1[C@H](CO3)N(CC2CC2)[C@@]2(C(=O)Nc3cc(Cl)ccc32)[C@H]1c1cccc(Cl)c1F. The molecule has 4 aliphatic rings. The number of benzene rings is 3. The van der Waals surface area contributed by atoms with E-state index in [0.29, 0.717) is 34.1 Å². The molecule has 2 N–H and O–H groups in total. The Hall–Kier alpha value is -3.73. The maximum Gasteiger partial charge on any atom is 0.338 e. The molecule has 2 fully saturated rings. The van der Waals surface area contributed by atoms with Crippen LogP contribution in [0.1, 0.15) is 46.3 Å². The van der Waals surface area contributed by atoms with Crippen molar-refractivity contribution in [3.05, 3.63) is 86.9 Å². The van der Waals surface area contributed by atoms with Gasteiger partial charge in [0.05, 0.1) is 33.6 Å². The van der Waals surface area contributed by atoms with E-state index in [4.69, 9.17) is 27.9 Å². The van der Waals surface area contributed by atoms with Crippen molar-refractivity contribution in [2.24, 2.45) is 5.92 Å². The number of carbonyl (C=O) groups is 2. The number of anilines is 1. The zero-order valence-corrected chi connectivity index (χ0v) is 23.3. The van der Waals surface area contributed by atoms with Crippen LogP contribution in [0.3, 0.4) is 0 Å². The Morgan fingerprint density at radius 2 is 1.98 bits per heavy atom. The topological polar surface area (TPSA) is 96.7 Å². The fourth-order valence-electron chi connectivity index (χ4n) is 7.28. The summed E-state index contributed by atoms with van der Waals surface area (Å²) in [5.74, 6) is -3.58. The van der Waals surface area contributed by atoms with Gasteiger partial charge in [-0.05, 0) is 48.6 Å². The molecule has 0 unspecified atom stereocenters. The van der Waals surface area contributed by atoms with Crippen LogP contribution >= 0.6 is 23.2 Å². The molecule has 8 nitrogen and oxygen atoms in total. The molecule has 42 heavy (non-hydrogen) atoms. The lowest BCUT2D eigenvalue weighted by atomic mass is 9.73. The van der Waals surface area contributed by atoms with E-state index in [1.54, 1.807) is 35.0 Å². The molecule has 0 radical (unpaired) electrons. The minimum atomic E-state index is -1.42. The van der Waals surface area contributed by atoms with E-state index in [0.717, 1.165) is 18.9 Å². The number of nitrogens with zero attached hydrogens (tertiary/aromatic N) is 3. The minimum absolute atomic E-state index is 0.0827. The van der Waals surface area contributed by atoms with E-state index in [2.05, 4.69) is 15.3 Å². The first kappa shape index (κ1) is 25.9. The summed E-state index contributed by atoms with van der Waals surface area (Å²) in [6, 6.07) is 11.1. The van der Waals surface area contributed by atoms with Gasteiger partial charge in [-0.15, -0.1) is 0 Å². The summed E-state index contributed by atoms with van der Waals surface area (Å²) < 4.78 is 38.7. The number of carboxylic acids is 1. The number of hydrogen-bond donors (Lipinski definition) is 2. The van der Waals surface area contributed by atoms with Gasteiger partial charge in [0, 0.05) is 34.8 Å². The number of carboxylic acid groups (broad SMARTS) is 1. The first-order valence-corrected chi connectivity index (χ1v) is 14.4. The minimum Gasteiger partial charge on any atom is -0.478 e. The van der Waals surface area contributed by atoms with Gasteiger partial charge in [-0.25, -0.2) is 18.3 Å². The number of nitrogens with one attached hydrogen (secondary N) is 1. The van der Waals surface area contributed by atoms with Gasteiger partial charge in [-0.2, -0.15) is 5.10 Å². The molecule has 1 amide bonds. The highest BCUT2D eigenvalue weighted by Gasteiger charge is 2.69. The predicted molar refractivity (Wildman–Crippen MR) is 150 cm³/mol. The molecule has 3 aliphatic heterocycles. The molecule has 1 saturated carbocycles. The van der Waals surface area contributed by atoms with Gasteiger partial charge in [-0.1, -0.05) is 41.4 Å². The molecule has 0 bridgehead atoms. The average Bonchev–Trinajstić information content (AvgIpc) is 3.55. The summed E-state index contributed by atoms with van der Waals surface area (Å²) in [5, 5.41) is 17.9. The molecule has 1 aromatic heterocycles. The Morgan fingerprint density at radius 1 is 1.17 bits per heavy atom. The standard InChI is InChI=1S/C30H22Cl2F2N4O4/c31-14-6-7-18-22(8-14)35-29(41)30(18)24(15-2-1-3-19(32)25(15)34)26-23(37(30)11-13-4-5-13)12-42-27-17-9-16(28(39)40)20(33)10-21(17)36-38(26)27/h1-3,6-10,13,23-24,26H,4-5,11-12H2,(H,35,41)(H,39,40)/t23-,24-,26+,30+/m0/s1. The summed E-state index contributed by atoms with van der Waals surface area (Å²) in [5.41, 5.74) is -0.257. The average molecular weight is 611 g/mol. The van der Waals surface area contributed by atoms with Gasteiger partial charge < -0.3 is 15.2 Å². The number of carbonyl (C=O) groups excluding carboxylic acids is 1. The van der Waals surface area contributed by atoms with E-state index in [1.165, 1.54) is 12.1 Å². The van der Waals surface area contributed by atoms with Gasteiger partial charge in [0.15, 0.2) is 0 Å². The maximum atomic E-state index is 16.1. The van der Waals surface area contributed by atoms with Gasteiger partial charge in [0.1, 0.15) is 23.8 Å². The Morgan fingerprint density at radius 3 is 2.74 bits per heavy atom. The lowest BCUT2D eigenvalue weighted by molar-refractivity contribution is -0.128. The fourth-order valence-corrected chi connectivity index (χ4v) is 7.63. The normalized spacial score (nSPS) is 26.2. The van der Waals surface area contributed by atoms with Crippen LogP contribution in [0.2, 0.25) is 10.0 Å². The van der Waals surface area contributed by atoms with Crippen LogP contribution in [0, 0.1) is 17.6 Å². The molecule has 1 spiro atoms. The second-order valence-electron chi connectivity index (χ2n) is 11.4. The molecule has 4 heterocycles. The molecule has 1 aliphatic carbocycles. The Bertz CT molecular complexity index is 1860. The van der Waals surface area contributed by atoms with Crippen LogP contribution in [0.15, 0.2) is 48.5 Å². The highest BCUT2D eigenvalue weighted by atomic mass is 35.5. The maximum absolute atomic E-state index is 16.1. The summed E-state index contributed by atoms with van der Waals surface area (Å²) >= 11 is 12.7. The number of amides is 1. The van der Waals surface area contributed by atoms with Crippen molar-refractivity contribution >= 4 is 51.7 Å². The summed E-state index contributed by atoms with van der Waals surface area (Å²) in [6.07, 6.45) is 2.01. The molecular weight excluding hydrogens is 589 g/mol. The van der Waals surface area contributed by atoms with Crippen molar-refractivity contribution in [3.8, 4) is 5.88 Å². The highest BCUT2D eigenvalue weighted by Crippen LogP contribution is 2.63. The number of aromatic nitrogens is 2. The lowest BCUT2D eigenvalue weighted by Crippen LogP contribution is -2.54. The van der Waals surface area contributed by atoms with Crippen molar-refractivity contribution in [1.82, 2.24) is 14.7 Å². The third kappa shape index (κ3) is 3.40. The van der Waals surface area contributed by atoms with Crippen LogP contribution < -0.4 is 10.1 Å². The molecule has 8 rings (SSSR count). The lowest BCUT2D eigenvalue weighted by Gasteiger charge is -2.39. The first-order valence-electron chi connectivity index (χ1n) is 13.6. The summed E-state index contributed by atoms with van der Waals surface area (Å²) in [7, 11) is 0. The zero-order chi connectivity index (χ0) is 29.1. The van der Waals surface area contributed by atoms with E-state index in [9.17, 15) is 19.1 Å². The number of aromatic carboxylic acids is 1. The number of likely N-dealkylation sites (tertiary alicyclic amines) is 1. The smallest absolute Gasteiger partial charge is 0.338 e. The van der Waals surface area contributed by atoms with Crippen molar-refractivity contribution in [2.75, 3.05) is 18.5 Å². The first-order chi connectivity index (χ1) is 20.2. The second-order valence-corrected chi connectivity index (χ2v) is 12.2. The zero-order valence-electron chi connectivity index (χ0n) is 21.8. The Kier molecular flexibility index (Phi) is 5.49. The number of halogens is 4. The molecule has 1 saturated heterocycles. The quantitative estimate of drug-likeness (QED) is 0.295. The van der Waals surface area contributed by atoms with Crippen LogP contribution in [-0.4, -0.2) is 50.9 Å². The molecular formula is C30H22Cl2F2N4O4. The van der Waals surface area contributed by atoms with Crippen molar-refractivity contribution < 1.29 is 28.2 Å². The van der Waals surface area contributed by atoms with Crippen molar-refractivity contribution in [3.63, 3.8) is 0 Å². The molecule has 4 atom stereocenters. The molecule has 12 heteroatoms. The van der Waals surface area contributed by atoms with Crippen LogP contribution in [0.4, 0.5) is 14.5 Å². The number of hydrogen-bond acceptors (Lipinski definition) is 5. The van der Waals surface area contributed by atoms with E-state index in [1.807, 2.05) is 0 Å². The Balaban J connectivity index is 1.44. The Labute approximate surface area is 247 Å². The van der Waals surface area contributed by atoms with E-state index >= 15 is 4.39 Å². The number of fused-ring (bicyclic) bond motifs is 7.